The van der Waals surface area contributed by atoms with Gasteiger partial charge in [0.1, 0.15) is 0 Å². The molecular formula is C14H13N. The van der Waals surface area contributed by atoms with Crippen molar-refractivity contribution in [2.45, 2.75) is 13.3 Å². The first-order valence-corrected chi connectivity index (χ1v) is 5.32. The minimum atomic E-state index is 1.05. The number of nitrogens with zero attached hydrogens (tertiary/aromatic N) is 1. The van der Waals surface area contributed by atoms with Crippen molar-refractivity contribution in [3.8, 4) is 0 Å². The van der Waals surface area contributed by atoms with E-state index in [0.29, 0.717) is 0 Å². The standard InChI is InChI=1S/C14H13N/c1-3-11-8-9-14-13-7-5-4-6-12(13)10(2)15(11)14/h4-9H,2-3H2,1H3. The number of aryl methyl sites for hydroxylation is 1. The van der Waals surface area contributed by atoms with E-state index in [0.717, 1.165) is 11.8 Å². The molecule has 74 valence electrons. The fraction of sp³-hybridized carbons (Fsp3) is 0.143. The maximum absolute atomic E-state index is 4.18. The topological polar surface area (TPSA) is 4.41 Å². The molecule has 0 aliphatic carbocycles. The largest absolute Gasteiger partial charge is 0.314 e. The predicted octanol–water partition coefficient (Wildman–Crippen LogP) is 2.78. The number of fused-ring (bicyclic) bond motifs is 3. The lowest BCUT2D eigenvalue weighted by atomic mass is 10.2. The summed E-state index contributed by atoms with van der Waals surface area (Å²) in [5.41, 5.74) is 2.62. The highest BCUT2D eigenvalue weighted by atomic mass is 14.9. The maximum atomic E-state index is 4.18. The van der Waals surface area contributed by atoms with Gasteiger partial charge in [0.2, 0.25) is 0 Å². The van der Waals surface area contributed by atoms with Gasteiger partial charge in [0, 0.05) is 21.8 Å². The molecule has 0 amide bonds. The van der Waals surface area contributed by atoms with Crippen molar-refractivity contribution < 1.29 is 0 Å². The second-order valence-corrected chi connectivity index (χ2v) is 3.89. The molecular weight excluding hydrogens is 182 g/mol. The summed E-state index contributed by atoms with van der Waals surface area (Å²) in [7, 11) is 0. The summed E-state index contributed by atoms with van der Waals surface area (Å²) in [5.74, 6) is 0. The Labute approximate surface area is 88.6 Å². The molecule has 0 fully saturated rings. The van der Waals surface area contributed by atoms with Crippen LogP contribution in [0, 0.1) is 0 Å². The zero-order valence-corrected chi connectivity index (χ0v) is 8.83. The van der Waals surface area contributed by atoms with Crippen LogP contribution in [0.1, 0.15) is 12.6 Å². The van der Waals surface area contributed by atoms with Crippen molar-refractivity contribution in [3.05, 3.63) is 47.4 Å². The smallest absolute Gasteiger partial charge is 0.0538 e. The number of hydrogen-bond acceptors (Lipinski definition) is 0. The summed E-state index contributed by atoms with van der Waals surface area (Å²) in [4.78, 5) is 0. The lowest BCUT2D eigenvalue weighted by Crippen LogP contribution is -2.07. The Bertz CT molecular complexity index is 676. The SMILES string of the molecule is C=c1c2ccccc2c2ccc(CC)n12. The Morgan fingerprint density at radius 3 is 2.53 bits per heavy atom. The van der Waals surface area contributed by atoms with Crippen LogP contribution < -0.4 is 5.35 Å². The van der Waals surface area contributed by atoms with Crippen LogP contribution in [0.4, 0.5) is 0 Å². The summed E-state index contributed by atoms with van der Waals surface area (Å²) in [5, 5.41) is 3.69. The summed E-state index contributed by atoms with van der Waals surface area (Å²) in [6.45, 7) is 6.36. The van der Waals surface area contributed by atoms with Crippen molar-refractivity contribution in [2.24, 2.45) is 0 Å². The lowest BCUT2D eigenvalue weighted by Gasteiger charge is -1.93. The van der Waals surface area contributed by atoms with E-state index in [1.54, 1.807) is 0 Å². The van der Waals surface area contributed by atoms with Gasteiger partial charge in [0.15, 0.2) is 0 Å². The van der Waals surface area contributed by atoms with Crippen LogP contribution in [0.2, 0.25) is 0 Å². The molecule has 0 saturated heterocycles. The van der Waals surface area contributed by atoms with E-state index in [4.69, 9.17) is 0 Å². The second kappa shape index (κ2) is 2.86. The van der Waals surface area contributed by atoms with E-state index in [1.807, 2.05) is 0 Å². The fourth-order valence-corrected chi connectivity index (χ4v) is 2.36. The molecule has 15 heavy (non-hydrogen) atoms. The molecule has 2 heterocycles. The van der Waals surface area contributed by atoms with Crippen LogP contribution >= 0.6 is 0 Å². The van der Waals surface area contributed by atoms with E-state index in [-0.39, 0.29) is 0 Å². The molecule has 0 N–H and O–H groups in total. The number of rotatable bonds is 1. The van der Waals surface area contributed by atoms with Gasteiger partial charge >= 0.3 is 0 Å². The molecule has 3 aromatic rings. The van der Waals surface area contributed by atoms with Crippen molar-refractivity contribution in [3.63, 3.8) is 0 Å². The highest BCUT2D eigenvalue weighted by Gasteiger charge is 2.07. The van der Waals surface area contributed by atoms with Crippen LogP contribution in [-0.4, -0.2) is 4.40 Å². The molecule has 0 bridgehead atoms. The first kappa shape index (κ1) is 8.54. The normalized spacial score (nSPS) is 11.5. The first-order chi connectivity index (χ1) is 7.33. The van der Waals surface area contributed by atoms with Gasteiger partial charge in [-0.25, -0.2) is 0 Å². The highest BCUT2D eigenvalue weighted by Crippen LogP contribution is 2.20. The first-order valence-electron chi connectivity index (χ1n) is 5.32. The number of benzene rings is 1. The lowest BCUT2D eigenvalue weighted by molar-refractivity contribution is 0.989. The Hall–Kier alpha value is -1.76. The molecule has 1 nitrogen and oxygen atoms in total. The molecule has 0 unspecified atom stereocenters. The van der Waals surface area contributed by atoms with E-state index < -0.39 is 0 Å². The van der Waals surface area contributed by atoms with E-state index >= 15 is 0 Å². The average molecular weight is 195 g/mol. The van der Waals surface area contributed by atoms with Crippen LogP contribution in [-0.2, 0) is 6.42 Å². The van der Waals surface area contributed by atoms with Gasteiger partial charge < -0.3 is 4.40 Å². The Balaban J connectivity index is 2.65. The molecule has 0 radical (unpaired) electrons. The minimum Gasteiger partial charge on any atom is -0.314 e. The van der Waals surface area contributed by atoms with Crippen molar-refractivity contribution in [2.75, 3.05) is 0 Å². The van der Waals surface area contributed by atoms with E-state index in [2.05, 4.69) is 54.3 Å². The zero-order chi connectivity index (χ0) is 10.4. The van der Waals surface area contributed by atoms with Crippen molar-refractivity contribution >= 4 is 22.9 Å². The van der Waals surface area contributed by atoms with Crippen LogP contribution in [0.15, 0.2) is 36.4 Å². The minimum absolute atomic E-state index is 1.05. The van der Waals surface area contributed by atoms with Crippen LogP contribution in [0.5, 0.6) is 0 Å². The van der Waals surface area contributed by atoms with E-state index in [9.17, 15) is 0 Å². The van der Waals surface area contributed by atoms with Gasteiger partial charge in [-0.3, -0.25) is 0 Å². The molecule has 1 aromatic carbocycles. The third-order valence-corrected chi connectivity index (χ3v) is 3.11. The molecule has 0 atom stereocenters. The highest BCUT2D eigenvalue weighted by molar-refractivity contribution is 5.98. The monoisotopic (exact) mass is 195 g/mol. The summed E-state index contributed by atoms with van der Waals surface area (Å²) in [6.07, 6.45) is 1.05. The Morgan fingerprint density at radius 2 is 1.80 bits per heavy atom. The van der Waals surface area contributed by atoms with Crippen LogP contribution in [0.3, 0.4) is 0 Å². The third kappa shape index (κ3) is 0.977. The molecule has 0 aliphatic rings. The maximum Gasteiger partial charge on any atom is 0.0538 e. The Morgan fingerprint density at radius 1 is 1.07 bits per heavy atom. The molecule has 2 aromatic heterocycles. The fourth-order valence-electron chi connectivity index (χ4n) is 2.36. The quantitative estimate of drug-likeness (QED) is 0.562. The summed E-state index contributed by atoms with van der Waals surface area (Å²) >= 11 is 0. The van der Waals surface area contributed by atoms with Crippen molar-refractivity contribution in [1.29, 1.82) is 0 Å². The second-order valence-electron chi connectivity index (χ2n) is 3.89. The molecule has 1 heteroatoms. The van der Waals surface area contributed by atoms with Gasteiger partial charge in [0.25, 0.3) is 0 Å². The van der Waals surface area contributed by atoms with Crippen molar-refractivity contribution in [1.82, 2.24) is 4.40 Å². The molecule has 0 saturated carbocycles. The average Bonchev–Trinajstić information content (AvgIpc) is 2.81. The zero-order valence-electron chi connectivity index (χ0n) is 8.83. The summed E-state index contributed by atoms with van der Waals surface area (Å²) in [6, 6.07) is 12.8. The number of hydrogen-bond donors (Lipinski definition) is 0. The Kier molecular flexibility index (Phi) is 1.63. The summed E-state index contributed by atoms with van der Waals surface area (Å²) < 4.78 is 2.27. The van der Waals surface area contributed by atoms with Gasteiger partial charge in [-0.15, -0.1) is 0 Å². The third-order valence-electron chi connectivity index (χ3n) is 3.11. The molecule has 0 aliphatic heterocycles. The molecule has 3 rings (SSSR count). The van der Waals surface area contributed by atoms with Gasteiger partial charge in [-0.05, 0) is 18.6 Å². The van der Waals surface area contributed by atoms with Gasteiger partial charge in [-0.2, -0.15) is 0 Å². The van der Waals surface area contributed by atoms with Crippen LogP contribution in [0.25, 0.3) is 22.9 Å². The predicted molar refractivity (Wildman–Crippen MR) is 65.0 cm³/mol. The van der Waals surface area contributed by atoms with Gasteiger partial charge in [0.05, 0.1) is 5.52 Å². The number of aromatic nitrogens is 1. The van der Waals surface area contributed by atoms with Gasteiger partial charge in [-0.1, -0.05) is 37.8 Å². The molecule has 0 spiro atoms. The van der Waals surface area contributed by atoms with E-state index in [1.165, 1.54) is 22.0 Å².